The lowest BCUT2D eigenvalue weighted by Crippen LogP contribution is -2.39. The van der Waals surface area contributed by atoms with Crippen LogP contribution in [0.5, 0.6) is 11.5 Å². The van der Waals surface area contributed by atoms with Crippen LogP contribution < -0.4 is 14.8 Å². The van der Waals surface area contributed by atoms with Crippen molar-refractivity contribution in [2.45, 2.75) is 32.4 Å². The minimum Gasteiger partial charge on any atom is -0.497 e. The fraction of sp³-hybridized carbons (Fsp3) is 0.364. The molecule has 4 rings (SSSR count). The van der Waals surface area contributed by atoms with Crippen LogP contribution in [-0.4, -0.2) is 36.5 Å². The van der Waals surface area contributed by atoms with Gasteiger partial charge in [0.1, 0.15) is 11.5 Å². The lowest BCUT2D eigenvalue weighted by molar-refractivity contribution is -0.137. The maximum absolute atomic E-state index is 12.6. The number of ether oxygens (including phenoxy) is 2. The van der Waals surface area contributed by atoms with Crippen LogP contribution in [0.15, 0.2) is 42.5 Å². The van der Waals surface area contributed by atoms with Gasteiger partial charge in [-0.05, 0) is 62.1 Å². The molecule has 2 aromatic carbocycles. The van der Waals surface area contributed by atoms with E-state index in [0.717, 1.165) is 12.1 Å². The Labute approximate surface area is 164 Å². The summed E-state index contributed by atoms with van der Waals surface area (Å²) in [7, 11) is 1.57. The maximum atomic E-state index is 12.6. The summed E-state index contributed by atoms with van der Waals surface area (Å²) in [5, 5.41) is 2.92. The summed E-state index contributed by atoms with van der Waals surface area (Å²) in [4.78, 5) is 27.1. The Morgan fingerprint density at radius 2 is 2.07 bits per heavy atom. The Kier molecular flexibility index (Phi) is 4.94. The van der Waals surface area contributed by atoms with Gasteiger partial charge in [0.05, 0.1) is 7.11 Å². The molecule has 1 atom stereocenters. The molecule has 0 radical (unpaired) electrons. The van der Waals surface area contributed by atoms with Gasteiger partial charge in [-0.1, -0.05) is 6.07 Å². The average molecular weight is 380 g/mol. The Morgan fingerprint density at radius 1 is 1.25 bits per heavy atom. The van der Waals surface area contributed by atoms with Crippen molar-refractivity contribution >= 4 is 17.5 Å². The Balaban J connectivity index is 1.54. The van der Waals surface area contributed by atoms with E-state index in [1.165, 1.54) is 12.8 Å². The number of methoxy groups -OCH3 is 1. The number of amides is 2. The predicted molar refractivity (Wildman–Crippen MR) is 106 cm³/mol. The summed E-state index contributed by atoms with van der Waals surface area (Å²) in [6.45, 7) is 3.06. The zero-order chi connectivity index (χ0) is 19.7. The van der Waals surface area contributed by atoms with E-state index in [-0.39, 0.29) is 11.8 Å². The second-order valence-electron chi connectivity index (χ2n) is 7.43. The highest BCUT2D eigenvalue weighted by Gasteiger charge is 2.32. The van der Waals surface area contributed by atoms with E-state index in [2.05, 4.69) is 5.32 Å². The fourth-order valence-corrected chi connectivity index (χ4v) is 3.41. The first-order valence-corrected chi connectivity index (χ1v) is 9.57. The van der Waals surface area contributed by atoms with Gasteiger partial charge >= 0.3 is 0 Å². The lowest BCUT2D eigenvalue weighted by Gasteiger charge is -2.22. The lowest BCUT2D eigenvalue weighted by atomic mass is 10.1. The molecule has 0 spiro atoms. The first-order valence-electron chi connectivity index (χ1n) is 9.57. The number of benzene rings is 2. The number of rotatable bonds is 5. The summed E-state index contributed by atoms with van der Waals surface area (Å²) >= 11 is 0. The third-order valence-electron chi connectivity index (χ3n) is 5.15. The molecule has 28 heavy (non-hydrogen) atoms. The summed E-state index contributed by atoms with van der Waals surface area (Å²) in [6.07, 6.45) is 1.86. The van der Waals surface area contributed by atoms with Crippen LogP contribution in [0.4, 0.5) is 5.69 Å². The van der Waals surface area contributed by atoms with Gasteiger partial charge in [-0.15, -0.1) is 0 Å². The van der Waals surface area contributed by atoms with Gasteiger partial charge in [0.25, 0.3) is 11.8 Å². The molecule has 146 valence electrons. The zero-order valence-corrected chi connectivity index (χ0v) is 16.1. The predicted octanol–water partition coefficient (Wildman–Crippen LogP) is 3.47. The Bertz CT molecular complexity index is 907. The number of carbonyl (C=O) groups is 2. The van der Waals surface area contributed by atoms with E-state index in [1.807, 2.05) is 17.0 Å². The van der Waals surface area contributed by atoms with Crippen molar-refractivity contribution in [3.63, 3.8) is 0 Å². The van der Waals surface area contributed by atoms with Gasteiger partial charge in [0.15, 0.2) is 6.10 Å². The summed E-state index contributed by atoms with van der Waals surface area (Å²) in [6, 6.07) is 12.5. The van der Waals surface area contributed by atoms with Crippen molar-refractivity contribution in [2.75, 3.05) is 19.0 Å². The minimum atomic E-state index is -0.503. The number of nitrogens with one attached hydrogen (secondary N) is 1. The molecule has 1 unspecified atom stereocenters. The summed E-state index contributed by atoms with van der Waals surface area (Å²) in [5.74, 6) is 1.73. The molecule has 1 aliphatic carbocycles. The van der Waals surface area contributed by atoms with E-state index >= 15 is 0 Å². The van der Waals surface area contributed by atoms with Crippen LogP contribution in [-0.2, 0) is 11.3 Å². The SMILES string of the molecule is COc1cccc(C(=O)Nc2ccc3c(c2)CN(CC2CC2)C(=O)C(C)O3)c1. The molecule has 1 aliphatic heterocycles. The monoisotopic (exact) mass is 380 g/mol. The highest BCUT2D eigenvalue weighted by atomic mass is 16.5. The van der Waals surface area contributed by atoms with E-state index in [1.54, 1.807) is 44.4 Å². The molecule has 2 aliphatic rings. The van der Waals surface area contributed by atoms with Crippen LogP contribution in [0.3, 0.4) is 0 Å². The third kappa shape index (κ3) is 3.96. The first-order chi connectivity index (χ1) is 13.5. The molecule has 2 amide bonds. The number of hydrogen-bond donors (Lipinski definition) is 1. The van der Waals surface area contributed by atoms with Gasteiger partial charge in [-0.2, -0.15) is 0 Å². The Morgan fingerprint density at radius 3 is 2.82 bits per heavy atom. The van der Waals surface area contributed by atoms with Crippen molar-refractivity contribution in [3.05, 3.63) is 53.6 Å². The molecular weight excluding hydrogens is 356 g/mol. The zero-order valence-electron chi connectivity index (χ0n) is 16.1. The van der Waals surface area contributed by atoms with E-state index in [0.29, 0.717) is 35.2 Å². The first kappa shape index (κ1) is 18.3. The van der Waals surface area contributed by atoms with Crippen LogP contribution in [0.2, 0.25) is 0 Å². The quantitative estimate of drug-likeness (QED) is 0.863. The van der Waals surface area contributed by atoms with Crippen LogP contribution >= 0.6 is 0 Å². The van der Waals surface area contributed by atoms with E-state index in [9.17, 15) is 9.59 Å². The average Bonchev–Trinajstić information content (AvgIpc) is 3.53. The van der Waals surface area contributed by atoms with E-state index < -0.39 is 6.10 Å². The highest BCUT2D eigenvalue weighted by Crippen LogP contribution is 2.33. The molecule has 1 heterocycles. The molecule has 1 saturated carbocycles. The number of carbonyl (C=O) groups excluding carboxylic acids is 2. The molecule has 1 fully saturated rings. The number of nitrogens with zero attached hydrogens (tertiary/aromatic N) is 1. The van der Waals surface area contributed by atoms with Crippen molar-refractivity contribution in [1.82, 2.24) is 4.90 Å². The van der Waals surface area contributed by atoms with Gasteiger partial charge in [-0.3, -0.25) is 9.59 Å². The van der Waals surface area contributed by atoms with Gasteiger partial charge in [0, 0.05) is 29.9 Å². The Hall–Kier alpha value is -3.02. The topological polar surface area (TPSA) is 67.9 Å². The molecule has 1 N–H and O–H groups in total. The molecule has 6 nitrogen and oxygen atoms in total. The number of fused-ring (bicyclic) bond motifs is 1. The molecule has 6 heteroatoms. The molecule has 2 aromatic rings. The molecule has 0 aromatic heterocycles. The smallest absolute Gasteiger partial charge is 0.263 e. The molecule has 0 bridgehead atoms. The second-order valence-corrected chi connectivity index (χ2v) is 7.43. The minimum absolute atomic E-state index is 0.0186. The van der Waals surface area contributed by atoms with Crippen LogP contribution in [0.1, 0.15) is 35.7 Å². The van der Waals surface area contributed by atoms with Crippen molar-refractivity contribution < 1.29 is 19.1 Å². The second kappa shape index (κ2) is 7.54. The van der Waals surface area contributed by atoms with Gasteiger partial charge in [0.2, 0.25) is 0 Å². The number of hydrogen-bond acceptors (Lipinski definition) is 4. The summed E-state index contributed by atoms with van der Waals surface area (Å²) < 4.78 is 11.0. The summed E-state index contributed by atoms with van der Waals surface area (Å²) in [5.41, 5.74) is 2.09. The largest absolute Gasteiger partial charge is 0.497 e. The van der Waals surface area contributed by atoms with Crippen molar-refractivity contribution in [3.8, 4) is 11.5 Å². The van der Waals surface area contributed by atoms with Crippen molar-refractivity contribution in [2.24, 2.45) is 5.92 Å². The van der Waals surface area contributed by atoms with E-state index in [4.69, 9.17) is 9.47 Å². The number of anilines is 1. The van der Waals surface area contributed by atoms with Crippen LogP contribution in [0.25, 0.3) is 0 Å². The van der Waals surface area contributed by atoms with Crippen molar-refractivity contribution in [1.29, 1.82) is 0 Å². The molecule has 0 saturated heterocycles. The van der Waals surface area contributed by atoms with Gasteiger partial charge < -0.3 is 19.7 Å². The highest BCUT2D eigenvalue weighted by molar-refractivity contribution is 6.04. The maximum Gasteiger partial charge on any atom is 0.263 e. The standard InChI is InChI=1S/C22H24N2O4/c1-14-22(26)24(12-15-6-7-15)13-17-10-18(8-9-20(17)28-14)23-21(25)16-4-3-5-19(11-16)27-2/h3-5,8-11,14-15H,6-7,12-13H2,1-2H3,(H,23,25). The fourth-order valence-electron chi connectivity index (χ4n) is 3.41. The normalized spacial score (nSPS) is 18.7. The van der Waals surface area contributed by atoms with Crippen LogP contribution in [0, 0.1) is 5.92 Å². The van der Waals surface area contributed by atoms with Gasteiger partial charge in [-0.25, -0.2) is 0 Å². The third-order valence-corrected chi connectivity index (χ3v) is 5.15. The molecular formula is C22H24N2O4.